The van der Waals surface area contributed by atoms with Gasteiger partial charge >= 0.3 is 0 Å². The number of nitrogens with one attached hydrogen (secondary N) is 1. The quantitative estimate of drug-likeness (QED) is 0.856. The lowest BCUT2D eigenvalue weighted by atomic mass is 10.2. The number of likely N-dealkylation sites (tertiary alicyclic amines) is 1. The van der Waals surface area contributed by atoms with Crippen molar-refractivity contribution in [3.63, 3.8) is 0 Å². The van der Waals surface area contributed by atoms with Crippen molar-refractivity contribution in [1.29, 1.82) is 0 Å². The number of hydrogen-bond donors (Lipinski definition) is 1. The Morgan fingerprint density at radius 2 is 2.19 bits per heavy atom. The van der Waals surface area contributed by atoms with Crippen molar-refractivity contribution in [1.82, 2.24) is 20.4 Å². The van der Waals surface area contributed by atoms with E-state index in [0.717, 1.165) is 56.2 Å². The van der Waals surface area contributed by atoms with Gasteiger partial charge in [-0.05, 0) is 56.7 Å². The highest BCUT2D eigenvalue weighted by Crippen LogP contribution is 2.47. The third-order valence-electron chi connectivity index (χ3n) is 5.72. The lowest BCUT2D eigenvalue weighted by molar-refractivity contribution is 0.0937. The Labute approximate surface area is 152 Å². The summed E-state index contributed by atoms with van der Waals surface area (Å²) in [5, 5.41) is 6.77. The molecule has 1 saturated heterocycles. The van der Waals surface area contributed by atoms with E-state index in [1.54, 1.807) is 0 Å². The van der Waals surface area contributed by atoms with Crippen LogP contribution >= 0.6 is 0 Å². The topological polar surface area (TPSA) is 84.4 Å². The second-order valence-electron chi connectivity index (χ2n) is 7.96. The molecular formula is C19H24N4O3. The number of aromatic nitrogens is 2. The van der Waals surface area contributed by atoms with Gasteiger partial charge in [-0.1, -0.05) is 12.1 Å². The first-order valence-electron chi connectivity index (χ1n) is 9.64. The second kappa shape index (κ2) is 6.23. The van der Waals surface area contributed by atoms with E-state index in [-0.39, 0.29) is 23.8 Å². The molecule has 1 N–H and O–H groups in total. The summed E-state index contributed by atoms with van der Waals surface area (Å²) < 4.78 is 11.5. The Balaban J connectivity index is 1.26. The molecule has 0 bridgehead atoms. The van der Waals surface area contributed by atoms with Crippen molar-refractivity contribution in [2.24, 2.45) is 5.92 Å². The molecule has 2 aromatic heterocycles. The van der Waals surface area contributed by atoms with Gasteiger partial charge in [-0.2, -0.15) is 4.98 Å². The monoisotopic (exact) mass is 356 g/mol. The molecule has 2 aromatic rings. The van der Waals surface area contributed by atoms with Gasteiger partial charge < -0.3 is 14.3 Å². The van der Waals surface area contributed by atoms with Gasteiger partial charge in [-0.15, -0.1) is 0 Å². The fourth-order valence-electron chi connectivity index (χ4n) is 3.83. The summed E-state index contributed by atoms with van der Waals surface area (Å²) in [4.78, 5) is 18.7. The number of hydrogen-bond acceptors (Lipinski definition) is 6. The van der Waals surface area contributed by atoms with Gasteiger partial charge in [0.25, 0.3) is 11.7 Å². The molecule has 0 spiro atoms. The van der Waals surface area contributed by atoms with Gasteiger partial charge in [0.1, 0.15) is 11.5 Å². The van der Waals surface area contributed by atoms with Crippen LogP contribution in [0.2, 0.25) is 0 Å². The Hall–Kier alpha value is -2.15. The minimum atomic E-state index is -0.235. The maximum Gasteiger partial charge on any atom is 0.292 e. The summed E-state index contributed by atoms with van der Waals surface area (Å²) in [7, 11) is 0. The van der Waals surface area contributed by atoms with Gasteiger partial charge in [-0.3, -0.25) is 9.69 Å². The molecular weight excluding hydrogens is 332 g/mol. The van der Waals surface area contributed by atoms with E-state index in [1.165, 1.54) is 6.42 Å². The molecule has 3 heterocycles. The molecule has 7 nitrogen and oxygen atoms in total. The number of carbonyl (C=O) groups is 1. The number of amides is 1. The Morgan fingerprint density at radius 1 is 1.35 bits per heavy atom. The fourth-order valence-corrected chi connectivity index (χ4v) is 3.83. The molecule has 3 atom stereocenters. The van der Waals surface area contributed by atoms with Gasteiger partial charge in [0.05, 0.1) is 12.6 Å². The molecule has 2 saturated carbocycles. The van der Waals surface area contributed by atoms with E-state index in [1.807, 2.05) is 0 Å². The molecule has 0 radical (unpaired) electrons. The van der Waals surface area contributed by atoms with Crippen LogP contribution in [0.5, 0.6) is 0 Å². The smallest absolute Gasteiger partial charge is 0.292 e. The minimum Gasteiger partial charge on any atom is -0.464 e. The molecule has 26 heavy (non-hydrogen) atoms. The molecule has 138 valence electrons. The van der Waals surface area contributed by atoms with E-state index in [2.05, 4.69) is 39.4 Å². The molecule has 3 aliphatic rings. The van der Waals surface area contributed by atoms with E-state index >= 15 is 0 Å². The third-order valence-corrected chi connectivity index (χ3v) is 5.72. The largest absolute Gasteiger partial charge is 0.464 e. The van der Waals surface area contributed by atoms with Crippen LogP contribution in [0.4, 0.5) is 0 Å². The molecule has 3 fully saturated rings. The maximum atomic E-state index is 12.1. The normalized spacial score (nSPS) is 28.4. The van der Waals surface area contributed by atoms with Crippen LogP contribution in [0.25, 0.3) is 0 Å². The predicted octanol–water partition coefficient (Wildman–Crippen LogP) is 3.02. The van der Waals surface area contributed by atoms with Crippen LogP contribution in [0.1, 0.15) is 79.0 Å². The van der Waals surface area contributed by atoms with Crippen LogP contribution in [0.3, 0.4) is 0 Å². The summed E-state index contributed by atoms with van der Waals surface area (Å²) in [6, 6.07) is 4.53. The van der Waals surface area contributed by atoms with Crippen molar-refractivity contribution in [3.05, 3.63) is 35.4 Å². The standard InChI is InChI=1S/C19H24N4O3/c1-11-9-14(11)16-7-6-13(25-16)10-23-8-2-3-15(23)19-21-17(22-26-19)18(24)20-12-4-5-12/h6-7,11-12,14-15H,2-5,8-10H2,1H3,(H,20,24). The van der Waals surface area contributed by atoms with Gasteiger partial charge in [0.2, 0.25) is 5.89 Å². The zero-order valence-corrected chi connectivity index (χ0v) is 15.0. The lowest BCUT2D eigenvalue weighted by Crippen LogP contribution is -2.26. The predicted molar refractivity (Wildman–Crippen MR) is 92.4 cm³/mol. The summed E-state index contributed by atoms with van der Waals surface area (Å²) in [6.45, 7) is 3.96. The Bertz CT molecular complexity index is 809. The van der Waals surface area contributed by atoms with Gasteiger partial charge in [0.15, 0.2) is 0 Å². The number of furan rings is 1. The van der Waals surface area contributed by atoms with E-state index in [0.29, 0.717) is 11.8 Å². The highest BCUT2D eigenvalue weighted by molar-refractivity contribution is 5.90. The highest BCUT2D eigenvalue weighted by Gasteiger charge is 2.37. The van der Waals surface area contributed by atoms with Crippen LogP contribution in [-0.2, 0) is 6.54 Å². The summed E-state index contributed by atoms with van der Waals surface area (Å²) in [5.41, 5.74) is 0. The third kappa shape index (κ3) is 3.16. The average Bonchev–Trinajstić information content (AvgIpc) is 3.37. The molecule has 1 aliphatic heterocycles. The van der Waals surface area contributed by atoms with Crippen LogP contribution in [0.15, 0.2) is 21.1 Å². The first-order chi connectivity index (χ1) is 12.7. The first-order valence-corrected chi connectivity index (χ1v) is 9.64. The summed E-state index contributed by atoms with van der Waals surface area (Å²) in [6.07, 6.45) is 5.34. The maximum absolute atomic E-state index is 12.1. The van der Waals surface area contributed by atoms with Crippen molar-refractivity contribution in [2.75, 3.05) is 6.54 Å². The number of rotatable bonds is 6. The molecule has 3 unspecified atom stereocenters. The number of carbonyl (C=O) groups excluding carboxylic acids is 1. The lowest BCUT2D eigenvalue weighted by Gasteiger charge is -2.19. The van der Waals surface area contributed by atoms with E-state index in [4.69, 9.17) is 8.94 Å². The van der Waals surface area contributed by atoms with Crippen molar-refractivity contribution < 1.29 is 13.7 Å². The van der Waals surface area contributed by atoms with Crippen LogP contribution < -0.4 is 5.32 Å². The summed E-state index contributed by atoms with van der Waals surface area (Å²) in [5.74, 6) is 3.88. The molecule has 5 rings (SSSR count). The summed E-state index contributed by atoms with van der Waals surface area (Å²) >= 11 is 0. The Morgan fingerprint density at radius 3 is 2.96 bits per heavy atom. The fraction of sp³-hybridized carbons (Fsp3) is 0.632. The molecule has 2 aliphatic carbocycles. The van der Waals surface area contributed by atoms with Crippen LogP contribution in [-0.4, -0.2) is 33.5 Å². The van der Waals surface area contributed by atoms with Crippen molar-refractivity contribution in [2.45, 2.75) is 63.6 Å². The SMILES string of the molecule is CC1CC1c1ccc(CN2CCCC2c2nc(C(=O)NC3CC3)no2)o1. The van der Waals surface area contributed by atoms with Gasteiger partial charge in [0, 0.05) is 12.0 Å². The van der Waals surface area contributed by atoms with Gasteiger partial charge in [-0.25, -0.2) is 0 Å². The first kappa shape index (κ1) is 16.1. The zero-order valence-electron chi connectivity index (χ0n) is 15.0. The number of nitrogens with zero attached hydrogens (tertiary/aromatic N) is 3. The van der Waals surface area contributed by atoms with E-state index < -0.39 is 0 Å². The molecule has 0 aromatic carbocycles. The highest BCUT2D eigenvalue weighted by atomic mass is 16.5. The van der Waals surface area contributed by atoms with Crippen molar-refractivity contribution >= 4 is 5.91 Å². The minimum absolute atomic E-state index is 0.0540. The second-order valence-corrected chi connectivity index (χ2v) is 7.96. The Kier molecular flexibility index (Phi) is 3.85. The van der Waals surface area contributed by atoms with Crippen LogP contribution in [0, 0.1) is 5.92 Å². The molecule has 7 heteroatoms. The zero-order chi connectivity index (χ0) is 17.7. The molecule has 1 amide bonds. The average molecular weight is 356 g/mol. The van der Waals surface area contributed by atoms with Crippen molar-refractivity contribution in [3.8, 4) is 0 Å². The van der Waals surface area contributed by atoms with E-state index in [9.17, 15) is 4.79 Å².